The molecule has 28 heavy (non-hydrogen) atoms. The monoisotopic (exact) mass is 425 g/mol. The maximum Gasteiger partial charge on any atom is 0.269 e. The minimum atomic E-state index is -0.388. The van der Waals surface area contributed by atoms with E-state index in [1.54, 1.807) is 47.0 Å². The summed E-state index contributed by atoms with van der Waals surface area (Å²) < 4.78 is 1.85. The summed E-state index contributed by atoms with van der Waals surface area (Å²) in [6.45, 7) is 0. The first-order valence-electron chi connectivity index (χ1n) is 8.48. The standard InChI is InChI=1S/C20H15N3O2S3/c24-23(25)17-10-8-14(9-11-17)12-26-19-21-22-20(28-19)27-13-16-6-3-5-15-4-1-2-7-18(15)16/h1-11H,12-13H2. The van der Waals surface area contributed by atoms with E-state index in [0.717, 1.165) is 20.0 Å². The molecular weight excluding hydrogens is 410 g/mol. The van der Waals surface area contributed by atoms with Gasteiger partial charge in [-0.3, -0.25) is 10.1 Å². The van der Waals surface area contributed by atoms with Crippen molar-refractivity contribution in [2.24, 2.45) is 0 Å². The van der Waals surface area contributed by atoms with Crippen LogP contribution in [0.25, 0.3) is 10.8 Å². The summed E-state index contributed by atoms with van der Waals surface area (Å²) in [5, 5.41) is 21.8. The van der Waals surface area contributed by atoms with Crippen molar-refractivity contribution in [3.63, 3.8) is 0 Å². The van der Waals surface area contributed by atoms with Crippen molar-refractivity contribution in [3.05, 3.63) is 88.0 Å². The summed E-state index contributed by atoms with van der Waals surface area (Å²) in [4.78, 5) is 10.3. The fourth-order valence-corrected chi connectivity index (χ4v) is 5.71. The fraction of sp³-hybridized carbons (Fsp3) is 0.100. The van der Waals surface area contributed by atoms with Gasteiger partial charge in [0.15, 0.2) is 8.68 Å². The van der Waals surface area contributed by atoms with Gasteiger partial charge in [-0.2, -0.15) is 0 Å². The number of rotatable bonds is 7. The van der Waals surface area contributed by atoms with Gasteiger partial charge in [0, 0.05) is 23.6 Å². The molecule has 0 amide bonds. The average molecular weight is 426 g/mol. The van der Waals surface area contributed by atoms with Gasteiger partial charge in [-0.25, -0.2) is 0 Å². The number of nitro benzene ring substituents is 1. The zero-order valence-electron chi connectivity index (χ0n) is 14.6. The molecule has 0 atom stereocenters. The van der Waals surface area contributed by atoms with E-state index in [2.05, 4.69) is 52.7 Å². The largest absolute Gasteiger partial charge is 0.269 e. The zero-order chi connectivity index (χ0) is 19.3. The van der Waals surface area contributed by atoms with Crippen LogP contribution < -0.4 is 0 Å². The molecule has 5 nitrogen and oxygen atoms in total. The van der Waals surface area contributed by atoms with Gasteiger partial charge in [-0.05, 0) is 21.9 Å². The van der Waals surface area contributed by atoms with Crippen molar-refractivity contribution < 1.29 is 4.92 Å². The fourth-order valence-electron chi connectivity index (χ4n) is 2.73. The van der Waals surface area contributed by atoms with Crippen molar-refractivity contribution in [2.75, 3.05) is 0 Å². The van der Waals surface area contributed by atoms with Crippen LogP contribution in [0.2, 0.25) is 0 Å². The molecule has 0 saturated heterocycles. The van der Waals surface area contributed by atoms with Crippen molar-refractivity contribution in [3.8, 4) is 0 Å². The molecule has 0 fully saturated rings. The van der Waals surface area contributed by atoms with E-state index < -0.39 is 0 Å². The predicted octanol–water partition coefficient (Wildman–Crippen LogP) is 6.18. The van der Waals surface area contributed by atoms with E-state index in [1.807, 2.05) is 0 Å². The first kappa shape index (κ1) is 18.9. The van der Waals surface area contributed by atoms with Gasteiger partial charge < -0.3 is 0 Å². The minimum Gasteiger partial charge on any atom is -0.258 e. The normalized spacial score (nSPS) is 11.0. The second kappa shape index (κ2) is 8.72. The second-order valence-electron chi connectivity index (χ2n) is 5.97. The predicted molar refractivity (Wildman–Crippen MR) is 116 cm³/mol. The van der Waals surface area contributed by atoms with Crippen molar-refractivity contribution in [1.29, 1.82) is 0 Å². The Morgan fingerprint density at radius 3 is 2.29 bits per heavy atom. The first-order valence-corrected chi connectivity index (χ1v) is 11.3. The summed E-state index contributed by atoms with van der Waals surface area (Å²) in [6, 6.07) is 21.4. The van der Waals surface area contributed by atoms with Crippen LogP contribution in [0.1, 0.15) is 11.1 Å². The molecule has 3 aromatic carbocycles. The maximum atomic E-state index is 10.7. The lowest BCUT2D eigenvalue weighted by atomic mass is 10.1. The summed E-state index contributed by atoms with van der Waals surface area (Å²) in [7, 11) is 0. The summed E-state index contributed by atoms with van der Waals surface area (Å²) >= 11 is 4.87. The minimum absolute atomic E-state index is 0.108. The molecule has 0 spiro atoms. The Labute approximate surface area is 174 Å². The molecule has 0 unspecified atom stereocenters. The molecule has 0 aliphatic heterocycles. The van der Waals surface area contributed by atoms with E-state index in [0.29, 0.717) is 5.75 Å². The molecule has 0 radical (unpaired) electrons. The van der Waals surface area contributed by atoms with Crippen molar-refractivity contribution >= 4 is 51.3 Å². The summed E-state index contributed by atoms with van der Waals surface area (Å²) in [6.07, 6.45) is 0. The maximum absolute atomic E-state index is 10.7. The number of aromatic nitrogens is 2. The third-order valence-corrected chi connectivity index (χ3v) is 7.44. The molecule has 0 N–H and O–H groups in total. The van der Waals surface area contributed by atoms with Gasteiger partial charge in [-0.15, -0.1) is 10.2 Å². The quantitative estimate of drug-likeness (QED) is 0.200. The van der Waals surface area contributed by atoms with Gasteiger partial charge in [0.2, 0.25) is 0 Å². The Morgan fingerprint density at radius 2 is 1.54 bits per heavy atom. The van der Waals surface area contributed by atoms with Gasteiger partial charge in [0.1, 0.15) is 0 Å². The third-order valence-electron chi connectivity index (χ3n) is 4.13. The molecule has 0 aliphatic rings. The molecule has 4 rings (SSSR count). The first-order chi connectivity index (χ1) is 13.7. The van der Waals surface area contributed by atoms with E-state index in [-0.39, 0.29) is 10.6 Å². The molecule has 140 valence electrons. The Kier molecular flexibility index (Phi) is 5.90. The lowest BCUT2D eigenvalue weighted by Crippen LogP contribution is -1.88. The van der Waals surface area contributed by atoms with Crippen LogP contribution in [0.5, 0.6) is 0 Å². The molecule has 0 saturated carbocycles. The highest BCUT2D eigenvalue weighted by atomic mass is 32.2. The number of fused-ring (bicyclic) bond motifs is 1. The summed E-state index contributed by atoms with van der Waals surface area (Å²) in [5.74, 6) is 1.56. The highest BCUT2D eigenvalue weighted by molar-refractivity contribution is 8.02. The van der Waals surface area contributed by atoms with E-state index in [9.17, 15) is 10.1 Å². The zero-order valence-corrected chi connectivity index (χ0v) is 17.1. The van der Waals surface area contributed by atoms with Gasteiger partial charge in [-0.1, -0.05) is 89.5 Å². The van der Waals surface area contributed by atoms with Gasteiger partial charge >= 0.3 is 0 Å². The number of benzene rings is 3. The van der Waals surface area contributed by atoms with Crippen LogP contribution in [0, 0.1) is 10.1 Å². The lowest BCUT2D eigenvalue weighted by molar-refractivity contribution is -0.384. The van der Waals surface area contributed by atoms with E-state index >= 15 is 0 Å². The number of nitro groups is 1. The molecule has 0 bridgehead atoms. The van der Waals surface area contributed by atoms with Crippen LogP contribution in [0.15, 0.2) is 75.4 Å². The highest BCUT2D eigenvalue weighted by Crippen LogP contribution is 2.33. The molecule has 8 heteroatoms. The average Bonchev–Trinajstić information content (AvgIpc) is 3.19. The van der Waals surface area contributed by atoms with Gasteiger partial charge in [0.05, 0.1) is 4.92 Å². The third kappa shape index (κ3) is 4.52. The second-order valence-corrected chi connectivity index (χ2v) is 9.40. The highest BCUT2D eigenvalue weighted by Gasteiger charge is 2.09. The van der Waals surface area contributed by atoms with Gasteiger partial charge in [0.25, 0.3) is 5.69 Å². The Morgan fingerprint density at radius 1 is 0.857 bits per heavy atom. The number of nitrogens with zero attached hydrogens (tertiary/aromatic N) is 3. The van der Waals surface area contributed by atoms with Crippen LogP contribution in [-0.2, 0) is 11.5 Å². The molecular formula is C20H15N3O2S3. The number of hydrogen-bond donors (Lipinski definition) is 0. The van der Waals surface area contributed by atoms with E-state index in [1.165, 1.54) is 28.5 Å². The van der Waals surface area contributed by atoms with Crippen molar-refractivity contribution in [1.82, 2.24) is 10.2 Å². The molecule has 0 aliphatic carbocycles. The topological polar surface area (TPSA) is 68.9 Å². The van der Waals surface area contributed by atoms with Crippen LogP contribution in [0.3, 0.4) is 0 Å². The van der Waals surface area contributed by atoms with Crippen LogP contribution in [0.4, 0.5) is 5.69 Å². The Bertz CT molecular complexity index is 1110. The molecule has 1 aromatic heterocycles. The Balaban J connectivity index is 1.36. The van der Waals surface area contributed by atoms with Crippen LogP contribution >= 0.6 is 34.9 Å². The lowest BCUT2D eigenvalue weighted by Gasteiger charge is -2.04. The Hall–Kier alpha value is -2.42. The molecule has 1 heterocycles. The van der Waals surface area contributed by atoms with Crippen LogP contribution in [-0.4, -0.2) is 15.1 Å². The molecule has 4 aromatic rings. The van der Waals surface area contributed by atoms with Crippen molar-refractivity contribution in [2.45, 2.75) is 20.2 Å². The number of non-ortho nitro benzene ring substituents is 1. The van der Waals surface area contributed by atoms with E-state index in [4.69, 9.17) is 0 Å². The summed E-state index contributed by atoms with van der Waals surface area (Å²) in [5.41, 5.74) is 2.42. The SMILES string of the molecule is O=[N+]([O-])c1ccc(CSc2nnc(SCc3cccc4ccccc34)s2)cc1. The number of hydrogen-bond acceptors (Lipinski definition) is 7. The number of thioether (sulfide) groups is 2. The smallest absolute Gasteiger partial charge is 0.258 e.